The molecule has 142 valence electrons. The number of rotatable bonds is 3. The first-order valence-electron chi connectivity index (χ1n) is 9.05. The van der Waals surface area contributed by atoms with Gasteiger partial charge in [0.15, 0.2) is 9.84 Å². The molecule has 0 bridgehead atoms. The zero-order chi connectivity index (χ0) is 19.2. The largest absolute Gasteiger partial charge is 0.334 e. The van der Waals surface area contributed by atoms with Gasteiger partial charge in [0.2, 0.25) is 0 Å². The van der Waals surface area contributed by atoms with Gasteiger partial charge in [0.05, 0.1) is 16.3 Å². The molecular formula is C19H21N3O4S. The number of fused-ring (bicyclic) bond motifs is 1. The van der Waals surface area contributed by atoms with E-state index in [-0.39, 0.29) is 21.6 Å². The van der Waals surface area contributed by atoms with E-state index in [9.17, 15) is 18.0 Å². The number of aryl methyl sites for hydroxylation is 1. The Balaban J connectivity index is 1.53. The molecule has 2 aromatic rings. The molecule has 1 aromatic carbocycles. The average molecular weight is 387 g/mol. The van der Waals surface area contributed by atoms with Gasteiger partial charge in [-0.1, -0.05) is 6.42 Å². The molecule has 2 heterocycles. The van der Waals surface area contributed by atoms with Crippen molar-refractivity contribution in [1.82, 2.24) is 14.7 Å². The maximum atomic E-state index is 12.8. The van der Waals surface area contributed by atoms with Gasteiger partial charge in [0.25, 0.3) is 11.5 Å². The molecule has 1 fully saturated rings. The summed E-state index contributed by atoms with van der Waals surface area (Å²) in [5.74, 6) is -0.172. The van der Waals surface area contributed by atoms with Crippen LogP contribution in [0.5, 0.6) is 0 Å². The van der Waals surface area contributed by atoms with Crippen LogP contribution >= 0.6 is 0 Å². The summed E-state index contributed by atoms with van der Waals surface area (Å²) in [6, 6.07) is 6.20. The van der Waals surface area contributed by atoms with Gasteiger partial charge in [-0.25, -0.2) is 13.1 Å². The standard InChI is InChI=1S/C19H21N3O4S/c1-21-19(24)17-9-10-22(12-14(17)11-20-21)18(23)13-5-7-16(8-6-13)27(25,26)15-3-2-4-15/h5-8,11,15H,2-4,9-10,12H2,1H3. The average Bonchev–Trinajstić information content (AvgIpc) is 2.62. The fraction of sp³-hybridized carbons (Fsp3) is 0.421. The third-order valence-electron chi connectivity index (χ3n) is 5.53. The Morgan fingerprint density at radius 3 is 2.52 bits per heavy atom. The Morgan fingerprint density at radius 1 is 1.19 bits per heavy atom. The summed E-state index contributed by atoms with van der Waals surface area (Å²) >= 11 is 0. The summed E-state index contributed by atoms with van der Waals surface area (Å²) in [5, 5.41) is 3.74. The highest BCUT2D eigenvalue weighted by Crippen LogP contribution is 2.31. The van der Waals surface area contributed by atoms with Crippen LogP contribution in [0, 0.1) is 0 Å². The highest BCUT2D eigenvalue weighted by atomic mass is 32.2. The van der Waals surface area contributed by atoms with Crippen molar-refractivity contribution < 1.29 is 13.2 Å². The van der Waals surface area contributed by atoms with Crippen LogP contribution in [-0.4, -0.2) is 40.8 Å². The zero-order valence-electron chi connectivity index (χ0n) is 15.1. The van der Waals surface area contributed by atoms with Gasteiger partial charge in [-0.05, 0) is 43.5 Å². The second-order valence-electron chi connectivity index (χ2n) is 7.18. The van der Waals surface area contributed by atoms with E-state index in [1.165, 1.54) is 16.8 Å². The normalized spacial score (nSPS) is 17.3. The van der Waals surface area contributed by atoms with Gasteiger partial charge in [0, 0.05) is 36.8 Å². The number of carbonyl (C=O) groups is 1. The first kappa shape index (κ1) is 17.9. The van der Waals surface area contributed by atoms with Crippen LogP contribution in [0.2, 0.25) is 0 Å². The Kier molecular flexibility index (Phi) is 4.38. The third-order valence-corrected chi connectivity index (χ3v) is 7.81. The molecule has 0 radical (unpaired) electrons. The number of aromatic nitrogens is 2. The molecule has 0 N–H and O–H groups in total. The maximum Gasteiger partial charge on any atom is 0.270 e. The summed E-state index contributed by atoms with van der Waals surface area (Å²) in [6.07, 6.45) is 4.50. The van der Waals surface area contributed by atoms with E-state index in [2.05, 4.69) is 5.10 Å². The number of hydrogen-bond acceptors (Lipinski definition) is 5. The second kappa shape index (κ2) is 6.60. The van der Waals surface area contributed by atoms with E-state index in [0.717, 1.165) is 12.0 Å². The lowest BCUT2D eigenvalue weighted by Crippen LogP contribution is -2.39. The minimum Gasteiger partial charge on any atom is -0.334 e. The van der Waals surface area contributed by atoms with E-state index in [1.807, 2.05) is 0 Å². The van der Waals surface area contributed by atoms with Crippen LogP contribution < -0.4 is 5.56 Å². The van der Waals surface area contributed by atoms with Crippen molar-refractivity contribution in [2.24, 2.45) is 7.05 Å². The van der Waals surface area contributed by atoms with Crippen LogP contribution in [0.4, 0.5) is 0 Å². The van der Waals surface area contributed by atoms with Crippen LogP contribution in [0.3, 0.4) is 0 Å². The van der Waals surface area contributed by atoms with Crippen molar-refractivity contribution in [3.63, 3.8) is 0 Å². The van der Waals surface area contributed by atoms with Crippen molar-refractivity contribution in [1.29, 1.82) is 0 Å². The molecular weight excluding hydrogens is 366 g/mol. The fourth-order valence-electron chi connectivity index (χ4n) is 3.57. The molecule has 0 unspecified atom stereocenters. The Bertz CT molecular complexity index is 1050. The van der Waals surface area contributed by atoms with Gasteiger partial charge in [-0.3, -0.25) is 9.59 Å². The minimum absolute atomic E-state index is 0.120. The smallest absolute Gasteiger partial charge is 0.270 e. The predicted molar refractivity (Wildman–Crippen MR) is 99.2 cm³/mol. The molecule has 0 spiro atoms. The molecule has 8 heteroatoms. The first-order chi connectivity index (χ1) is 12.9. The van der Waals surface area contributed by atoms with Gasteiger partial charge in [-0.15, -0.1) is 0 Å². The van der Waals surface area contributed by atoms with E-state index < -0.39 is 9.84 Å². The molecule has 1 amide bonds. The highest BCUT2D eigenvalue weighted by molar-refractivity contribution is 7.92. The highest BCUT2D eigenvalue weighted by Gasteiger charge is 2.32. The van der Waals surface area contributed by atoms with E-state index >= 15 is 0 Å². The van der Waals surface area contributed by atoms with Crippen LogP contribution in [0.1, 0.15) is 40.7 Å². The van der Waals surface area contributed by atoms with Gasteiger partial charge < -0.3 is 4.90 Å². The fourth-order valence-corrected chi connectivity index (χ4v) is 5.43. The van der Waals surface area contributed by atoms with Crippen molar-refractivity contribution >= 4 is 15.7 Å². The molecule has 1 aliphatic carbocycles. The molecule has 0 saturated heterocycles. The quantitative estimate of drug-likeness (QED) is 0.792. The molecule has 1 aliphatic heterocycles. The lowest BCUT2D eigenvalue weighted by molar-refractivity contribution is 0.0733. The molecule has 1 aromatic heterocycles. The SMILES string of the molecule is Cn1ncc2c(c1=O)CCN(C(=O)c1ccc(S(=O)(=O)C3CCC3)cc1)C2. The summed E-state index contributed by atoms with van der Waals surface area (Å²) in [5.41, 5.74) is 1.80. The van der Waals surface area contributed by atoms with Crippen LogP contribution in [-0.2, 0) is 29.9 Å². The van der Waals surface area contributed by atoms with Gasteiger partial charge in [0.1, 0.15) is 0 Å². The van der Waals surface area contributed by atoms with E-state index in [4.69, 9.17) is 0 Å². The third kappa shape index (κ3) is 3.07. The number of benzene rings is 1. The molecule has 0 atom stereocenters. The number of amides is 1. The second-order valence-corrected chi connectivity index (χ2v) is 9.40. The molecule has 4 rings (SSSR count). The molecule has 7 nitrogen and oxygen atoms in total. The number of carbonyl (C=O) groups excluding carboxylic acids is 1. The summed E-state index contributed by atoms with van der Waals surface area (Å²) in [7, 11) is -1.68. The Hall–Kier alpha value is -2.48. The van der Waals surface area contributed by atoms with E-state index in [1.54, 1.807) is 30.3 Å². The van der Waals surface area contributed by atoms with Crippen molar-refractivity contribution in [3.05, 3.63) is 57.5 Å². The predicted octanol–water partition coefficient (Wildman–Crippen LogP) is 1.30. The topological polar surface area (TPSA) is 89.3 Å². The summed E-state index contributed by atoms with van der Waals surface area (Å²) in [6.45, 7) is 0.784. The minimum atomic E-state index is -3.29. The van der Waals surface area contributed by atoms with Crippen molar-refractivity contribution in [3.8, 4) is 0 Å². The molecule has 2 aliphatic rings. The number of hydrogen-bond donors (Lipinski definition) is 0. The zero-order valence-corrected chi connectivity index (χ0v) is 15.9. The first-order valence-corrected chi connectivity index (χ1v) is 10.6. The van der Waals surface area contributed by atoms with Gasteiger partial charge >= 0.3 is 0 Å². The monoisotopic (exact) mass is 387 g/mol. The maximum absolute atomic E-state index is 12.8. The summed E-state index contributed by atoms with van der Waals surface area (Å²) < 4.78 is 26.2. The number of sulfone groups is 1. The summed E-state index contributed by atoms with van der Waals surface area (Å²) in [4.78, 5) is 26.9. The van der Waals surface area contributed by atoms with Crippen LogP contribution in [0.25, 0.3) is 0 Å². The van der Waals surface area contributed by atoms with Crippen molar-refractivity contribution in [2.45, 2.75) is 42.4 Å². The Labute approximate surface area is 157 Å². The Morgan fingerprint density at radius 2 is 1.89 bits per heavy atom. The molecule has 27 heavy (non-hydrogen) atoms. The number of nitrogens with zero attached hydrogens (tertiary/aromatic N) is 3. The van der Waals surface area contributed by atoms with E-state index in [0.29, 0.717) is 43.5 Å². The lowest BCUT2D eigenvalue weighted by atomic mass is 10.00. The van der Waals surface area contributed by atoms with Gasteiger partial charge in [-0.2, -0.15) is 5.10 Å². The van der Waals surface area contributed by atoms with Crippen LogP contribution in [0.15, 0.2) is 40.2 Å². The molecule has 1 saturated carbocycles. The lowest BCUT2D eigenvalue weighted by Gasteiger charge is -2.28. The van der Waals surface area contributed by atoms with Crippen molar-refractivity contribution in [2.75, 3.05) is 6.54 Å².